The number of carbonyl (C=O) groups is 1. The van der Waals surface area contributed by atoms with Crippen molar-refractivity contribution in [1.29, 1.82) is 5.26 Å². The molecule has 1 aromatic heterocycles. The van der Waals surface area contributed by atoms with E-state index in [0.717, 1.165) is 14.6 Å². The molecule has 4 nitrogen and oxygen atoms in total. The number of para-hydroxylation sites is 1. The number of hydrogen-bond donors (Lipinski definition) is 1. The molecule has 3 rings (SSSR count). The SMILES string of the molecule is C[C@H](Sc1nc2ccccc2s1)C(=O)Nc1cccc(C#N)c1. The summed E-state index contributed by atoms with van der Waals surface area (Å²) in [5.41, 5.74) is 2.11. The van der Waals surface area contributed by atoms with Gasteiger partial charge in [0.1, 0.15) is 0 Å². The van der Waals surface area contributed by atoms with Gasteiger partial charge in [-0.15, -0.1) is 11.3 Å². The molecular formula is C17H13N3OS2. The lowest BCUT2D eigenvalue weighted by atomic mass is 10.2. The summed E-state index contributed by atoms with van der Waals surface area (Å²) in [6.45, 7) is 1.85. The fourth-order valence-electron chi connectivity index (χ4n) is 2.02. The third kappa shape index (κ3) is 3.70. The highest BCUT2D eigenvalue weighted by Gasteiger charge is 2.17. The zero-order valence-electron chi connectivity index (χ0n) is 12.3. The molecule has 0 saturated heterocycles. The Morgan fingerprint density at radius 2 is 2.13 bits per heavy atom. The van der Waals surface area contributed by atoms with Gasteiger partial charge in [-0.3, -0.25) is 4.79 Å². The van der Waals surface area contributed by atoms with Crippen LogP contribution < -0.4 is 5.32 Å². The topological polar surface area (TPSA) is 65.8 Å². The molecular weight excluding hydrogens is 326 g/mol. The minimum atomic E-state index is -0.277. The number of carbonyl (C=O) groups excluding carboxylic acids is 1. The van der Waals surface area contributed by atoms with E-state index in [9.17, 15) is 4.79 Å². The van der Waals surface area contributed by atoms with Crippen molar-refractivity contribution >= 4 is 44.9 Å². The second-order valence-corrected chi connectivity index (χ2v) is 7.51. The third-order valence-corrected chi connectivity index (χ3v) is 5.41. The molecule has 1 heterocycles. The van der Waals surface area contributed by atoms with E-state index in [0.29, 0.717) is 11.3 Å². The fourth-order valence-corrected chi connectivity index (χ4v) is 4.23. The van der Waals surface area contributed by atoms with Crippen molar-refractivity contribution in [3.8, 4) is 6.07 Å². The molecule has 0 saturated carbocycles. The summed E-state index contributed by atoms with van der Waals surface area (Å²) in [6.07, 6.45) is 0. The first-order valence-corrected chi connectivity index (χ1v) is 8.68. The second-order valence-electron chi connectivity index (χ2n) is 4.89. The molecule has 0 unspecified atom stereocenters. The Labute approximate surface area is 142 Å². The monoisotopic (exact) mass is 339 g/mol. The second kappa shape index (κ2) is 6.82. The summed E-state index contributed by atoms with van der Waals surface area (Å²) in [5.74, 6) is -0.107. The Morgan fingerprint density at radius 1 is 1.30 bits per heavy atom. The zero-order chi connectivity index (χ0) is 16.2. The maximum Gasteiger partial charge on any atom is 0.237 e. The van der Waals surface area contributed by atoms with Gasteiger partial charge in [0.05, 0.1) is 27.1 Å². The summed E-state index contributed by atoms with van der Waals surface area (Å²) in [6, 6.07) is 16.9. The van der Waals surface area contributed by atoms with E-state index in [1.807, 2.05) is 31.2 Å². The van der Waals surface area contributed by atoms with Gasteiger partial charge in [-0.1, -0.05) is 30.0 Å². The van der Waals surface area contributed by atoms with Crippen molar-refractivity contribution < 1.29 is 4.79 Å². The van der Waals surface area contributed by atoms with Crippen molar-refractivity contribution in [3.05, 3.63) is 54.1 Å². The van der Waals surface area contributed by atoms with Gasteiger partial charge in [-0.05, 0) is 37.3 Å². The number of hydrogen-bond acceptors (Lipinski definition) is 5. The number of thiazole rings is 1. The first kappa shape index (κ1) is 15.5. The third-order valence-electron chi connectivity index (χ3n) is 3.18. The maximum absolute atomic E-state index is 12.3. The smallest absolute Gasteiger partial charge is 0.237 e. The van der Waals surface area contributed by atoms with Crippen LogP contribution in [-0.4, -0.2) is 16.1 Å². The van der Waals surface area contributed by atoms with E-state index in [4.69, 9.17) is 5.26 Å². The first-order chi connectivity index (χ1) is 11.2. The van der Waals surface area contributed by atoms with Gasteiger partial charge < -0.3 is 5.32 Å². The lowest BCUT2D eigenvalue weighted by Crippen LogP contribution is -2.22. The highest BCUT2D eigenvalue weighted by Crippen LogP contribution is 2.32. The Hall–Kier alpha value is -2.36. The van der Waals surface area contributed by atoms with E-state index in [1.54, 1.807) is 35.6 Å². The molecule has 6 heteroatoms. The Kier molecular flexibility index (Phi) is 4.60. The highest BCUT2D eigenvalue weighted by molar-refractivity contribution is 8.02. The lowest BCUT2D eigenvalue weighted by Gasteiger charge is -2.10. The van der Waals surface area contributed by atoms with Crippen LogP contribution in [0.1, 0.15) is 12.5 Å². The van der Waals surface area contributed by atoms with Crippen LogP contribution in [0.5, 0.6) is 0 Å². The van der Waals surface area contributed by atoms with Gasteiger partial charge in [0.25, 0.3) is 0 Å². The molecule has 0 aliphatic carbocycles. The molecule has 0 aliphatic heterocycles. The largest absolute Gasteiger partial charge is 0.325 e. The van der Waals surface area contributed by atoms with E-state index < -0.39 is 0 Å². The van der Waals surface area contributed by atoms with Crippen LogP contribution in [0.15, 0.2) is 52.9 Å². The number of aromatic nitrogens is 1. The summed E-state index contributed by atoms with van der Waals surface area (Å²) in [7, 11) is 0. The molecule has 1 N–H and O–H groups in total. The molecule has 3 aromatic rings. The van der Waals surface area contributed by atoms with Crippen LogP contribution in [0.2, 0.25) is 0 Å². The van der Waals surface area contributed by atoms with Gasteiger partial charge in [-0.2, -0.15) is 5.26 Å². The highest BCUT2D eigenvalue weighted by atomic mass is 32.2. The lowest BCUT2D eigenvalue weighted by molar-refractivity contribution is -0.115. The Bertz CT molecular complexity index is 865. The number of nitriles is 1. The van der Waals surface area contributed by atoms with Crippen molar-refractivity contribution in [2.24, 2.45) is 0 Å². The molecule has 0 aliphatic rings. The summed E-state index contributed by atoms with van der Waals surface area (Å²) >= 11 is 3.02. The minimum Gasteiger partial charge on any atom is -0.325 e. The summed E-state index contributed by atoms with van der Waals surface area (Å²) < 4.78 is 1.99. The molecule has 1 atom stereocenters. The number of benzene rings is 2. The number of nitrogens with zero attached hydrogens (tertiary/aromatic N) is 2. The molecule has 0 bridgehead atoms. The maximum atomic E-state index is 12.3. The van der Waals surface area contributed by atoms with Crippen LogP contribution in [0.25, 0.3) is 10.2 Å². The van der Waals surface area contributed by atoms with Crippen molar-refractivity contribution in [1.82, 2.24) is 4.98 Å². The van der Waals surface area contributed by atoms with Crippen LogP contribution in [0.4, 0.5) is 5.69 Å². The van der Waals surface area contributed by atoms with E-state index in [-0.39, 0.29) is 11.2 Å². The van der Waals surface area contributed by atoms with Gasteiger partial charge in [-0.25, -0.2) is 4.98 Å². The quantitative estimate of drug-likeness (QED) is 0.720. The van der Waals surface area contributed by atoms with Crippen LogP contribution in [-0.2, 0) is 4.79 Å². The molecule has 1 amide bonds. The molecule has 0 spiro atoms. The van der Waals surface area contributed by atoms with Gasteiger partial charge in [0.15, 0.2) is 4.34 Å². The van der Waals surface area contributed by atoms with Crippen molar-refractivity contribution in [2.75, 3.05) is 5.32 Å². The van der Waals surface area contributed by atoms with Crippen molar-refractivity contribution in [2.45, 2.75) is 16.5 Å². The van der Waals surface area contributed by atoms with Gasteiger partial charge in [0, 0.05) is 5.69 Å². The van der Waals surface area contributed by atoms with E-state index >= 15 is 0 Å². The van der Waals surface area contributed by atoms with Crippen LogP contribution in [0, 0.1) is 11.3 Å². The normalized spacial score (nSPS) is 11.8. The zero-order valence-corrected chi connectivity index (χ0v) is 13.9. The number of amides is 1. The average molecular weight is 339 g/mol. The molecule has 114 valence electrons. The first-order valence-electron chi connectivity index (χ1n) is 6.99. The van der Waals surface area contributed by atoms with E-state index in [2.05, 4.69) is 16.4 Å². The Balaban J connectivity index is 1.68. The van der Waals surface area contributed by atoms with E-state index in [1.165, 1.54) is 11.8 Å². The molecule has 2 aromatic carbocycles. The predicted molar refractivity (Wildman–Crippen MR) is 94.7 cm³/mol. The van der Waals surface area contributed by atoms with Crippen molar-refractivity contribution in [3.63, 3.8) is 0 Å². The molecule has 23 heavy (non-hydrogen) atoms. The minimum absolute atomic E-state index is 0.107. The number of nitrogens with one attached hydrogen (secondary N) is 1. The van der Waals surface area contributed by atoms with Gasteiger partial charge in [0.2, 0.25) is 5.91 Å². The number of rotatable bonds is 4. The standard InChI is InChI=1S/C17H13N3OS2/c1-11(16(21)19-13-6-4-5-12(9-13)10-18)22-17-20-14-7-2-3-8-15(14)23-17/h2-9,11H,1H3,(H,19,21)/t11-/m0/s1. The fraction of sp³-hybridized carbons (Fsp3) is 0.118. The summed E-state index contributed by atoms with van der Waals surface area (Å²) in [5, 5.41) is 11.5. The van der Waals surface area contributed by atoms with Crippen LogP contribution in [0.3, 0.4) is 0 Å². The predicted octanol–water partition coefficient (Wildman–Crippen LogP) is 4.29. The summed E-state index contributed by atoms with van der Waals surface area (Å²) in [4.78, 5) is 16.8. The number of fused-ring (bicyclic) bond motifs is 1. The van der Waals surface area contributed by atoms with Crippen LogP contribution >= 0.6 is 23.1 Å². The average Bonchev–Trinajstić information content (AvgIpc) is 2.97. The molecule has 0 fully saturated rings. The number of thioether (sulfide) groups is 1. The van der Waals surface area contributed by atoms with Gasteiger partial charge >= 0.3 is 0 Å². The Morgan fingerprint density at radius 3 is 2.91 bits per heavy atom. The molecule has 0 radical (unpaired) electrons. The number of anilines is 1.